The Labute approximate surface area is 179 Å². The van der Waals surface area contributed by atoms with Gasteiger partial charge in [-0.1, -0.05) is 11.6 Å². The smallest absolute Gasteiger partial charge is 0.433 e. The van der Waals surface area contributed by atoms with E-state index in [0.29, 0.717) is 6.07 Å². The molecule has 0 saturated carbocycles. The fraction of sp³-hybridized carbons (Fsp3) is 0.176. The molecule has 0 amide bonds. The van der Waals surface area contributed by atoms with Crippen LogP contribution in [0.3, 0.4) is 0 Å². The van der Waals surface area contributed by atoms with E-state index in [-0.39, 0.29) is 37.7 Å². The first kappa shape index (κ1) is 22.9. The molecule has 3 rings (SSSR count). The molecule has 0 atom stereocenters. The second kappa shape index (κ2) is 8.37. The van der Waals surface area contributed by atoms with Gasteiger partial charge >= 0.3 is 17.8 Å². The number of esters is 1. The first-order valence-electron chi connectivity index (χ1n) is 8.30. The van der Waals surface area contributed by atoms with Gasteiger partial charge in [0.25, 0.3) is 5.56 Å². The summed E-state index contributed by atoms with van der Waals surface area (Å²) in [4.78, 5) is 39.6. The number of oxazole rings is 1. The summed E-state index contributed by atoms with van der Waals surface area (Å²) in [5.41, 5.74) is -5.80. The highest BCUT2D eigenvalue weighted by Crippen LogP contribution is 2.30. The molecule has 2 aromatic heterocycles. The van der Waals surface area contributed by atoms with Crippen LogP contribution in [0.2, 0.25) is 5.02 Å². The van der Waals surface area contributed by atoms with Gasteiger partial charge in [0, 0.05) is 12.1 Å². The second-order valence-corrected chi connectivity index (χ2v) is 6.40. The molecule has 15 heteroatoms. The second-order valence-electron chi connectivity index (χ2n) is 5.99. The van der Waals surface area contributed by atoms with Gasteiger partial charge in [0.2, 0.25) is 5.89 Å². The molecule has 0 saturated heterocycles. The number of benzene rings is 1. The van der Waals surface area contributed by atoms with E-state index >= 15 is 0 Å². The summed E-state index contributed by atoms with van der Waals surface area (Å²) in [6.07, 6.45) is -4.11. The summed E-state index contributed by atoms with van der Waals surface area (Å²) >= 11 is 5.89. The normalized spacial score (nSPS) is 11.4. The summed E-state index contributed by atoms with van der Waals surface area (Å²) < 4.78 is 67.8. The van der Waals surface area contributed by atoms with E-state index in [9.17, 15) is 31.9 Å². The number of rotatable bonds is 5. The molecule has 0 bridgehead atoms. The van der Waals surface area contributed by atoms with Crippen molar-refractivity contribution < 1.29 is 36.2 Å². The van der Waals surface area contributed by atoms with Crippen LogP contribution in [0.25, 0.3) is 5.69 Å². The van der Waals surface area contributed by atoms with Gasteiger partial charge in [-0.25, -0.2) is 28.2 Å². The van der Waals surface area contributed by atoms with Crippen molar-refractivity contribution >= 4 is 17.6 Å². The highest BCUT2D eigenvalue weighted by molar-refractivity contribution is 6.32. The summed E-state index contributed by atoms with van der Waals surface area (Å²) in [5.74, 6) is 2.77. The van der Waals surface area contributed by atoms with Crippen molar-refractivity contribution in [2.24, 2.45) is 0 Å². The molecule has 2 heterocycles. The third-order valence-corrected chi connectivity index (χ3v) is 4.26. The average molecular weight is 479 g/mol. The molecule has 0 aliphatic carbocycles. The molecular formula is C17H11ClF4N4O6. The molecule has 3 aromatic rings. The zero-order valence-electron chi connectivity index (χ0n) is 15.8. The Hall–Kier alpha value is -3.81. The number of nitrogens with zero attached hydrogens (tertiary/aromatic N) is 3. The Morgan fingerprint density at radius 1 is 1.28 bits per heavy atom. The number of ether oxygens (including phenoxy) is 2. The maximum absolute atomic E-state index is 14.4. The molecule has 0 radical (unpaired) electrons. The van der Waals surface area contributed by atoms with Crippen molar-refractivity contribution in [1.82, 2.24) is 14.2 Å². The lowest BCUT2D eigenvalue weighted by molar-refractivity contribution is -0.143. The fourth-order valence-electron chi connectivity index (χ4n) is 2.51. The minimum Gasteiger partial charge on any atom is -0.482 e. The number of nitrogen functional groups attached to an aromatic ring is 1. The minimum atomic E-state index is -5.10. The Morgan fingerprint density at radius 3 is 2.59 bits per heavy atom. The van der Waals surface area contributed by atoms with Crippen molar-refractivity contribution in [3.63, 3.8) is 0 Å². The molecule has 0 unspecified atom stereocenters. The number of hydrogen-bond donors (Lipinski definition) is 1. The van der Waals surface area contributed by atoms with E-state index in [1.165, 1.54) is 0 Å². The van der Waals surface area contributed by atoms with Crippen molar-refractivity contribution in [1.29, 1.82) is 0 Å². The first-order chi connectivity index (χ1) is 14.9. The quantitative estimate of drug-likeness (QED) is 0.334. The molecule has 32 heavy (non-hydrogen) atoms. The van der Waals surface area contributed by atoms with Crippen LogP contribution >= 0.6 is 11.6 Å². The Balaban J connectivity index is 2.00. The third kappa shape index (κ3) is 4.30. The third-order valence-electron chi connectivity index (χ3n) is 3.97. The number of aromatic nitrogens is 3. The van der Waals surface area contributed by atoms with E-state index in [0.717, 1.165) is 19.4 Å². The van der Waals surface area contributed by atoms with E-state index in [1.807, 2.05) is 0 Å². The molecule has 0 aliphatic rings. The predicted octanol–water partition coefficient (Wildman–Crippen LogP) is 1.88. The van der Waals surface area contributed by atoms with Gasteiger partial charge in [0.15, 0.2) is 18.0 Å². The van der Waals surface area contributed by atoms with Crippen molar-refractivity contribution in [3.8, 4) is 11.4 Å². The minimum absolute atomic E-state index is 0.0388. The molecule has 0 spiro atoms. The van der Waals surface area contributed by atoms with Crippen LogP contribution in [0.1, 0.15) is 22.1 Å². The number of carbonyl (C=O) groups excluding carboxylic acids is 1. The van der Waals surface area contributed by atoms with Crippen LogP contribution in [0, 0.1) is 5.82 Å². The number of nitrogens with two attached hydrogens (primary N) is 1. The SMILES string of the molecule is COC(=O)c1coc(COc2cc(-n3c(=O)cc(C(F)(F)F)n(N)c3=O)c(F)cc2Cl)n1. The number of hydrogen-bond acceptors (Lipinski definition) is 8. The summed E-state index contributed by atoms with van der Waals surface area (Å²) in [7, 11) is 1.13. The number of halogens is 5. The Kier molecular flexibility index (Phi) is 5.98. The molecule has 170 valence electrons. The van der Waals surface area contributed by atoms with Gasteiger partial charge < -0.3 is 19.7 Å². The molecule has 1 aromatic carbocycles. The van der Waals surface area contributed by atoms with Gasteiger partial charge in [-0.3, -0.25) is 4.79 Å². The molecule has 2 N–H and O–H groups in total. The molecular weight excluding hydrogens is 468 g/mol. The van der Waals surface area contributed by atoms with Crippen molar-refractivity contribution in [3.05, 3.63) is 73.4 Å². The highest BCUT2D eigenvalue weighted by Gasteiger charge is 2.36. The zero-order valence-corrected chi connectivity index (χ0v) is 16.5. The van der Waals surface area contributed by atoms with Gasteiger partial charge in [0.1, 0.15) is 17.8 Å². The van der Waals surface area contributed by atoms with Gasteiger partial charge in [0.05, 0.1) is 17.8 Å². The topological polar surface area (TPSA) is 132 Å². The van der Waals surface area contributed by atoms with Crippen molar-refractivity contribution in [2.45, 2.75) is 12.8 Å². The van der Waals surface area contributed by atoms with Gasteiger partial charge in [-0.15, -0.1) is 0 Å². The van der Waals surface area contributed by atoms with E-state index in [1.54, 1.807) is 0 Å². The van der Waals surface area contributed by atoms with Crippen LogP contribution in [-0.2, 0) is 17.5 Å². The maximum Gasteiger partial charge on any atom is 0.433 e. The largest absolute Gasteiger partial charge is 0.482 e. The molecule has 0 fully saturated rings. The van der Waals surface area contributed by atoms with Crippen molar-refractivity contribution in [2.75, 3.05) is 13.0 Å². The van der Waals surface area contributed by atoms with E-state index in [2.05, 4.69) is 9.72 Å². The fourth-order valence-corrected chi connectivity index (χ4v) is 2.72. The van der Waals surface area contributed by atoms with Gasteiger partial charge in [-0.2, -0.15) is 13.2 Å². The van der Waals surface area contributed by atoms with Crippen LogP contribution in [0.15, 0.2) is 38.5 Å². The van der Waals surface area contributed by atoms with Gasteiger partial charge in [-0.05, 0) is 6.07 Å². The number of carbonyl (C=O) groups is 1. The zero-order chi connectivity index (χ0) is 23.8. The van der Waals surface area contributed by atoms with E-state index in [4.69, 9.17) is 26.6 Å². The number of alkyl halides is 3. The average Bonchev–Trinajstić information content (AvgIpc) is 3.19. The lowest BCUT2D eigenvalue weighted by atomic mass is 10.2. The summed E-state index contributed by atoms with van der Waals surface area (Å²) in [6.45, 7) is -0.426. The summed E-state index contributed by atoms with van der Waals surface area (Å²) in [5, 5.41) is -0.306. The maximum atomic E-state index is 14.4. The number of methoxy groups -OCH3 is 1. The van der Waals surface area contributed by atoms with E-state index < -0.39 is 47.2 Å². The lowest BCUT2D eigenvalue weighted by Crippen LogP contribution is -2.45. The van der Waals surface area contributed by atoms with Crippen LogP contribution in [0.4, 0.5) is 17.6 Å². The predicted molar refractivity (Wildman–Crippen MR) is 98.6 cm³/mol. The standard InChI is InChI=1S/C17H11ClF4N4O6/c1-30-15(28)9-5-32-13(24-9)6-31-11-3-10(8(19)2-7(11)18)25-14(27)4-12(17(20,21)22)26(23)16(25)29/h2-5H,6,23H2,1H3. The van der Waals surface area contributed by atoms with Crippen LogP contribution in [-0.4, -0.2) is 27.3 Å². The van der Waals surface area contributed by atoms with Crippen LogP contribution < -0.4 is 21.8 Å². The summed E-state index contributed by atoms with van der Waals surface area (Å²) in [6, 6.07) is 1.51. The molecule has 0 aliphatic heterocycles. The first-order valence-corrected chi connectivity index (χ1v) is 8.68. The Bertz CT molecular complexity index is 1310. The van der Waals surface area contributed by atoms with Crippen LogP contribution in [0.5, 0.6) is 5.75 Å². The highest BCUT2D eigenvalue weighted by atomic mass is 35.5. The molecule has 10 nitrogen and oxygen atoms in total. The monoisotopic (exact) mass is 478 g/mol. The Morgan fingerprint density at radius 2 is 1.97 bits per heavy atom. The lowest BCUT2D eigenvalue weighted by Gasteiger charge is -2.15.